The second-order valence-corrected chi connectivity index (χ2v) is 7.53. The van der Waals surface area contributed by atoms with Crippen molar-refractivity contribution < 1.29 is 22.8 Å². The molecule has 0 atom stereocenters. The van der Waals surface area contributed by atoms with Crippen LogP contribution < -0.4 is 11.1 Å². The zero-order valence-corrected chi connectivity index (χ0v) is 16.2. The minimum absolute atomic E-state index is 0.126. The normalized spacial score (nSPS) is 11.3. The molecule has 3 rings (SSSR count). The van der Waals surface area contributed by atoms with E-state index in [4.69, 9.17) is 5.73 Å². The molecule has 0 saturated heterocycles. The van der Waals surface area contributed by atoms with E-state index in [1.54, 1.807) is 29.6 Å². The molecule has 0 aliphatic carbocycles. The predicted octanol–water partition coefficient (Wildman–Crippen LogP) is 4.05. The maximum atomic E-state index is 13.2. The molecule has 0 aliphatic rings. The number of anilines is 1. The second kappa shape index (κ2) is 8.62. The number of nitrogens with zero attached hydrogens (tertiary/aromatic N) is 2. The topological polar surface area (TPSA) is 98.0 Å². The van der Waals surface area contributed by atoms with Crippen LogP contribution in [0.1, 0.15) is 16.1 Å². The van der Waals surface area contributed by atoms with Gasteiger partial charge in [-0.15, -0.1) is 11.3 Å². The molecule has 150 valence electrons. The van der Waals surface area contributed by atoms with Crippen LogP contribution in [0.4, 0.5) is 18.9 Å². The summed E-state index contributed by atoms with van der Waals surface area (Å²) in [5.41, 5.74) is 4.64. The first-order chi connectivity index (χ1) is 13.7. The molecule has 0 saturated carbocycles. The highest BCUT2D eigenvalue weighted by Gasteiger charge is 2.34. The number of hydrogen-bond donors (Lipinski definition) is 2. The van der Waals surface area contributed by atoms with Gasteiger partial charge < -0.3 is 11.1 Å². The Labute approximate surface area is 171 Å². The number of rotatable bonds is 6. The van der Waals surface area contributed by atoms with Gasteiger partial charge >= 0.3 is 6.18 Å². The van der Waals surface area contributed by atoms with Gasteiger partial charge in [-0.05, 0) is 29.6 Å². The molecular weight excluding hydrogens is 425 g/mol. The molecule has 0 fully saturated rings. The number of hydrogen-bond acceptors (Lipinski definition) is 6. The summed E-state index contributed by atoms with van der Waals surface area (Å²) in [6, 6.07) is 10.4. The number of halogens is 3. The van der Waals surface area contributed by atoms with Gasteiger partial charge in [-0.25, -0.2) is 9.97 Å². The fraction of sp³-hybridized carbons (Fsp3) is 0.111. The largest absolute Gasteiger partial charge is 0.433 e. The van der Waals surface area contributed by atoms with Crippen molar-refractivity contribution in [2.24, 2.45) is 5.73 Å². The minimum Gasteiger partial charge on any atom is -0.366 e. The van der Waals surface area contributed by atoms with E-state index in [1.807, 2.05) is 0 Å². The summed E-state index contributed by atoms with van der Waals surface area (Å²) >= 11 is 2.00. The third-order valence-corrected chi connectivity index (χ3v) is 5.31. The molecular formula is C18H13F3N4O2S2. The van der Waals surface area contributed by atoms with Crippen molar-refractivity contribution in [2.75, 3.05) is 11.1 Å². The third kappa shape index (κ3) is 5.33. The van der Waals surface area contributed by atoms with E-state index < -0.39 is 23.7 Å². The Kier molecular flexibility index (Phi) is 6.18. The zero-order chi connectivity index (χ0) is 21.0. The fourth-order valence-electron chi connectivity index (χ4n) is 2.31. The SMILES string of the molecule is NC(=O)c1ccccc1NC(=O)CSc1nc(-c2cccs2)cc(C(F)(F)F)n1. The van der Waals surface area contributed by atoms with Crippen molar-refractivity contribution in [3.8, 4) is 10.6 Å². The molecule has 6 nitrogen and oxygen atoms in total. The number of benzene rings is 1. The highest BCUT2D eigenvalue weighted by atomic mass is 32.2. The number of thiophene rings is 1. The lowest BCUT2D eigenvalue weighted by molar-refractivity contribution is -0.141. The number of carbonyl (C=O) groups excluding carboxylic acids is 2. The Hall–Kier alpha value is -2.92. The molecule has 11 heteroatoms. The second-order valence-electron chi connectivity index (χ2n) is 5.64. The van der Waals surface area contributed by atoms with E-state index >= 15 is 0 Å². The number of amides is 2. The molecule has 3 aromatic rings. The number of para-hydroxylation sites is 1. The molecule has 0 bridgehead atoms. The van der Waals surface area contributed by atoms with Gasteiger partial charge in [0.15, 0.2) is 5.16 Å². The Balaban J connectivity index is 1.77. The number of alkyl halides is 3. The van der Waals surface area contributed by atoms with Gasteiger partial charge in [-0.1, -0.05) is 30.0 Å². The number of primary amides is 1. The van der Waals surface area contributed by atoms with Crippen molar-refractivity contribution >= 4 is 40.6 Å². The molecule has 2 aromatic heterocycles. The highest BCUT2D eigenvalue weighted by molar-refractivity contribution is 7.99. The summed E-state index contributed by atoms with van der Waals surface area (Å²) in [7, 11) is 0. The quantitative estimate of drug-likeness (QED) is 0.447. The lowest BCUT2D eigenvalue weighted by Crippen LogP contribution is -2.19. The van der Waals surface area contributed by atoms with Crippen LogP contribution in [0, 0.1) is 0 Å². The first-order valence-corrected chi connectivity index (χ1v) is 9.92. The van der Waals surface area contributed by atoms with Gasteiger partial charge in [0, 0.05) is 0 Å². The van der Waals surface area contributed by atoms with E-state index in [2.05, 4.69) is 15.3 Å². The van der Waals surface area contributed by atoms with Crippen molar-refractivity contribution in [1.29, 1.82) is 0 Å². The molecule has 1 aromatic carbocycles. The molecule has 0 radical (unpaired) electrons. The van der Waals surface area contributed by atoms with Gasteiger partial charge in [-0.2, -0.15) is 13.2 Å². The van der Waals surface area contributed by atoms with Gasteiger partial charge in [0.05, 0.1) is 27.6 Å². The average molecular weight is 438 g/mol. The Morgan fingerprint density at radius 3 is 2.55 bits per heavy atom. The van der Waals surface area contributed by atoms with Gasteiger partial charge in [0.2, 0.25) is 5.91 Å². The molecule has 2 amide bonds. The minimum atomic E-state index is -4.65. The van der Waals surface area contributed by atoms with Gasteiger partial charge in [-0.3, -0.25) is 9.59 Å². The van der Waals surface area contributed by atoms with Gasteiger partial charge in [0.1, 0.15) is 5.69 Å². The lowest BCUT2D eigenvalue weighted by Gasteiger charge is -2.10. The van der Waals surface area contributed by atoms with Gasteiger partial charge in [0.25, 0.3) is 5.91 Å². The standard InChI is InChI=1S/C18H13F3N4O2S2/c19-18(20,21)14-8-12(13-6-3-7-28-13)24-17(25-14)29-9-15(26)23-11-5-2-1-4-10(11)16(22)27/h1-8H,9H2,(H2,22,27)(H,23,26). The first kappa shape index (κ1) is 20.8. The lowest BCUT2D eigenvalue weighted by atomic mass is 10.1. The van der Waals surface area contributed by atoms with E-state index in [9.17, 15) is 22.8 Å². The highest BCUT2D eigenvalue weighted by Crippen LogP contribution is 2.33. The number of nitrogens with one attached hydrogen (secondary N) is 1. The summed E-state index contributed by atoms with van der Waals surface area (Å²) in [5.74, 6) is -1.50. The summed E-state index contributed by atoms with van der Waals surface area (Å²) in [6.07, 6.45) is -4.65. The molecule has 29 heavy (non-hydrogen) atoms. The van der Waals surface area contributed by atoms with Crippen molar-refractivity contribution in [2.45, 2.75) is 11.3 Å². The Morgan fingerprint density at radius 2 is 1.90 bits per heavy atom. The maximum absolute atomic E-state index is 13.2. The number of thioether (sulfide) groups is 1. The van der Waals surface area contributed by atoms with Crippen molar-refractivity contribution in [3.05, 3.63) is 59.1 Å². The van der Waals surface area contributed by atoms with E-state index in [1.165, 1.54) is 23.5 Å². The monoisotopic (exact) mass is 438 g/mol. The van der Waals surface area contributed by atoms with Crippen LogP contribution in [0.5, 0.6) is 0 Å². The first-order valence-electron chi connectivity index (χ1n) is 8.05. The molecule has 0 spiro atoms. The average Bonchev–Trinajstić information content (AvgIpc) is 3.20. The Morgan fingerprint density at radius 1 is 1.14 bits per heavy atom. The molecule has 2 heterocycles. The van der Waals surface area contributed by atoms with Crippen LogP contribution in [-0.4, -0.2) is 27.5 Å². The van der Waals surface area contributed by atoms with Crippen molar-refractivity contribution in [1.82, 2.24) is 9.97 Å². The molecule has 3 N–H and O–H groups in total. The molecule has 0 unspecified atom stereocenters. The number of carbonyl (C=O) groups is 2. The summed E-state index contributed by atoms with van der Waals surface area (Å²) in [6.45, 7) is 0. The summed E-state index contributed by atoms with van der Waals surface area (Å²) in [5, 5.41) is 4.06. The van der Waals surface area contributed by atoms with E-state index in [-0.39, 0.29) is 27.9 Å². The molecule has 0 aliphatic heterocycles. The smallest absolute Gasteiger partial charge is 0.366 e. The summed E-state index contributed by atoms with van der Waals surface area (Å²) < 4.78 is 39.5. The van der Waals surface area contributed by atoms with Crippen LogP contribution in [0.2, 0.25) is 0 Å². The van der Waals surface area contributed by atoms with E-state index in [0.717, 1.165) is 17.8 Å². The predicted molar refractivity (Wildman–Crippen MR) is 105 cm³/mol. The summed E-state index contributed by atoms with van der Waals surface area (Å²) in [4.78, 5) is 31.8. The van der Waals surface area contributed by atoms with Crippen LogP contribution in [0.3, 0.4) is 0 Å². The fourth-order valence-corrected chi connectivity index (χ4v) is 3.65. The Bertz CT molecular complexity index is 1040. The van der Waals surface area contributed by atoms with Crippen LogP contribution in [0.15, 0.2) is 53.0 Å². The van der Waals surface area contributed by atoms with Crippen LogP contribution in [-0.2, 0) is 11.0 Å². The number of aromatic nitrogens is 2. The maximum Gasteiger partial charge on any atom is 0.433 e. The van der Waals surface area contributed by atoms with Crippen LogP contribution >= 0.6 is 23.1 Å². The van der Waals surface area contributed by atoms with Crippen LogP contribution in [0.25, 0.3) is 10.6 Å². The van der Waals surface area contributed by atoms with E-state index in [0.29, 0.717) is 4.88 Å². The third-order valence-electron chi connectivity index (χ3n) is 3.57. The zero-order valence-electron chi connectivity index (χ0n) is 14.6. The number of nitrogens with two attached hydrogens (primary N) is 1. The van der Waals surface area contributed by atoms with Crippen molar-refractivity contribution in [3.63, 3.8) is 0 Å².